The predicted octanol–water partition coefficient (Wildman–Crippen LogP) is 8.87. The Morgan fingerprint density at radius 1 is 0.667 bits per heavy atom. The maximum absolute atomic E-state index is 16.6. The number of amides is 4. The Balaban J connectivity index is 0.00000374. The average Bonchev–Trinajstić information content (AvgIpc) is 4.11. The number of H-pyrrole nitrogens is 2. The number of halogens is 3. The lowest BCUT2D eigenvalue weighted by Crippen LogP contribution is -2.51. The van der Waals surface area contributed by atoms with Crippen molar-refractivity contribution in [3.05, 3.63) is 96.6 Å². The molecule has 2 aliphatic rings. The highest BCUT2D eigenvalue weighted by molar-refractivity contribution is 5.89. The van der Waals surface area contributed by atoms with Gasteiger partial charge in [0.05, 0.1) is 50.1 Å². The van der Waals surface area contributed by atoms with Crippen molar-refractivity contribution in [3.8, 4) is 44.8 Å². The second-order valence-electron chi connectivity index (χ2n) is 16.3. The molecule has 63 heavy (non-hydrogen) atoms. The molecule has 7 rings (SSSR count). The summed E-state index contributed by atoms with van der Waals surface area (Å²) in [6.07, 6.45) is 5.08. The number of rotatable bonds is 12. The fourth-order valence-electron chi connectivity index (χ4n) is 8.41. The van der Waals surface area contributed by atoms with Crippen LogP contribution in [0, 0.1) is 17.7 Å². The number of hydrogen-bond donors (Lipinski definition) is 4. The van der Waals surface area contributed by atoms with Crippen LogP contribution in [0.2, 0.25) is 0 Å². The van der Waals surface area contributed by atoms with Gasteiger partial charge in [0.2, 0.25) is 11.8 Å². The third-order valence-corrected chi connectivity index (χ3v) is 11.6. The van der Waals surface area contributed by atoms with Crippen LogP contribution in [-0.2, 0) is 19.1 Å². The maximum Gasteiger partial charge on any atom is 0.407 e. The molecule has 336 valence electrons. The molecule has 2 fully saturated rings. The number of nitrogens with zero attached hydrogens (tertiary/aromatic N) is 4. The van der Waals surface area contributed by atoms with Crippen LogP contribution < -0.4 is 10.6 Å². The van der Waals surface area contributed by atoms with E-state index in [2.05, 4.69) is 30.6 Å². The molecule has 5 aromatic rings. The monoisotopic (exact) mass is 904 g/mol. The van der Waals surface area contributed by atoms with Gasteiger partial charge in [-0.3, -0.25) is 9.59 Å². The van der Waals surface area contributed by atoms with Gasteiger partial charge in [0.1, 0.15) is 29.5 Å². The zero-order valence-corrected chi connectivity index (χ0v) is 37.8. The molecule has 4 heterocycles. The van der Waals surface area contributed by atoms with E-state index in [0.29, 0.717) is 59.1 Å². The number of hydrogen-bond acceptors (Lipinski definition) is 8. The van der Waals surface area contributed by atoms with Crippen LogP contribution in [0.1, 0.15) is 77.1 Å². The minimum absolute atomic E-state index is 0. The second-order valence-corrected chi connectivity index (χ2v) is 16.3. The quantitative estimate of drug-likeness (QED) is 0.0961. The minimum Gasteiger partial charge on any atom is -0.453 e. The molecule has 4 N–H and O–H groups in total. The van der Waals surface area contributed by atoms with Gasteiger partial charge in [0.25, 0.3) is 0 Å². The van der Waals surface area contributed by atoms with E-state index < -0.39 is 30.1 Å². The lowest BCUT2D eigenvalue weighted by molar-refractivity contribution is -0.136. The van der Waals surface area contributed by atoms with Crippen LogP contribution >= 0.6 is 24.8 Å². The molecule has 4 amide bonds. The van der Waals surface area contributed by atoms with E-state index in [4.69, 9.17) is 9.47 Å². The predicted molar refractivity (Wildman–Crippen MR) is 243 cm³/mol. The van der Waals surface area contributed by atoms with Crippen LogP contribution in [0.4, 0.5) is 14.0 Å². The number of alkyl carbamates (subject to hydrolysis) is 2. The number of likely N-dealkylation sites (tertiary alicyclic amines) is 2. The van der Waals surface area contributed by atoms with Gasteiger partial charge in [0, 0.05) is 24.2 Å². The lowest BCUT2D eigenvalue weighted by Gasteiger charge is -2.30. The molecular formula is C46H55Cl2FN8O6. The molecule has 0 aliphatic carbocycles. The summed E-state index contributed by atoms with van der Waals surface area (Å²) < 4.78 is 26.2. The minimum atomic E-state index is -0.759. The number of imidazole rings is 2. The van der Waals surface area contributed by atoms with Gasteiger partial charge in [-0.2, -0.15) is 0 Å². The van der Waals surface area contributed by atoms with Gasteiger partial charge in [-0.15, -0.1) is 24.8 Å². The van der Waals surface area contributed by atoms with E-state index in [0.717, 1.165) is 36.1 Å². The highest BCUT2D eigenvalue weighted by Gasteiger charge is 2.39. The van der Waals surface area contributed by atoms with Crippen LogP contribution in [0.25, 0.3) is 44.8 Å². The van der Waals surface area contributed by atoms with Gasteiger partial charge in [-0.1, -0.05) is 82.3 Å². The van der Waals surface area contributed by atoms with Crippen LogP contribution in [0.15, 0.2) is 79.1 Å². The zero-order valence-electron chi connectivity index (χ0n) is 36.1. The summed E-state index contributed by atoms with van der Waals surface area (Å²) in [6, 6.07) is 18.6. The highest BCUT2D eigenvalue weighted by atomic mass is 35.5. The first-order chi connectivity index (χ1) is 29.4. The number of carbonyl (C=O) groups excluding carboxylic acids is 4. The van der Waals surface area contributed by atoms with Crippen molar-refractivity contribution in [2.75, 3.05) is 27.3 Å². The van der Waals surface area contributed by atoms with E-state index in [1.54, 1.807) is 22.2 Å². The molecule has 14 nitrogen and oxygen atoms in total. The lowest BCUT2D eigenvalue weighted by atomic mass is 9.91. The SMILES string of the molecule is COC(=O)N[C@H](C(=O)N1CCC[C@H]1c1ncc(-c2ccc(-c3c(F)cc(-c4cnc([C@@H]5CCCN5C(=O)[C@@H](NC(=O)OC)C(C)C)[nH]4)cc3-c3ccccc3)cc2)[nH]1)C(C)C.Cl.Cl. The second kappa shape index (κ2) is 21.0. The van der Waals surface area contributed by atoms with Gasteiger partial charge in [0.15, 0.2) is 0 Å². The molecule has 17 heteroatoms. The molecule has 0 unspecified atom stereocenters. The molecule has 0 spiro atoms. The number of carbonyl (C=O) groups is 4. The van der Waals surface area contributed by atoms with Crippen molar-refractivity contribution in [2.45, 2.75) is 77.5 Å². The topological polar surface area (TPSA) is 175 Å². The summed E-state index contributed by atoms with van der Waals surface area (Å²) >= 11 is 0. The third-order valence-electron chi connectivity index (χ3n) is 11.6. The van der Waals surface area contributed by atoms with E-state index >= 15 is 4.39 Å². The highest BCUT2D eigenvalue weighted by Crippen LogP contribution is 2.40. The molecule has 2 aromatic heterocycles. The summed E-state index contributed by atoms with van der Waals surface area (Å²) in [5.41, 5.74) is 5.46. The number of aromatic amines is 2. The summed E-state index contributed by atoms with van der Waals surface area (Å²) in [5, 5.41) is 5.36. The van der Waals surface area contributed by atoms with E-state index in [1.807, 2.05) is 88.4 Å². The third kappa shape index (κ3) is 10.3. The Kier molecular flexibility index (Phi) is 16.0. The number of aromatic nitrogens is 4. The van der Waals surface area contributed by atoms with Crippen molar-refractivity contribution in [1.29, 1.82) is 0 Å². The Bertz CT molecular complexity index is 2370. The number of methoxy groups -OCH3 is 2. The fraction of sp³-hybridized carbons (Fsp3) is 0.391. The van der Waals surface area contributed by atoms with Gasteiger partial charge >= 0.3 is 12.2 Å². The molecule has 3 aromatic carbocycles. The Hall–Kier alpha value is -5.93. The number of nitrogens with one attached hydrogen (secondary N) is 4. The molecule has 0 saturated carbocycles. The molecular weight excluding hydrogens is 850 g/mol. The number of benzene rings is 3. The molecule has 2 saturated heterocycles. The first-order valence-corrected chi connectivity index (χ1v) is 20.8. The summed E-state index contributed by atoms with van der Waals surface area (Å²) in [5.74, 6) is 0.133. The first-order valence-electron chi connectivity index (χ1n) is 20.8. The summed E-state index contributed by atoms with van der Waals surface area (Å²) in [7, 11) is 2.54. The van der Waals surface area contributed by atoms with E-state index in [1.165, 1.54) is 20.3 Å². The van der Waals surface area contributed by atoms with Crippen molar-refractivity contribution >= 4 is 48.8 Å². The average molecular weight is 906 g/mol. The largest absolute Gasteiger partial charge is 0.453 e. The Morgan fingerprint density at radius 2 is 1.13 bits per heavy atom. The van der Waals surface area contributed by atoms with Gasteiger partial charge in [-0.05, 0) is 71.9 Å². The molecule has 0 bridgehead atoms. The first kappa shape index (κ1) is 48.1. The Morgan fingerprint density at radius 3 is 1.59 bits per heavy atom. The summed E-state index contributed by atoms with van der Waals surface area (Å²) in [6.45, 7) is 8.57. The van der Waals surface area contributed by atoms with E-state index in [-0.39, 0.29) is 60.5 Å². The van der Waals surface area contributed by atoms with Gasteiger partial charge in [-0.25, -0.2) is 23.9 Å². The van der Waals surface area contributed by atoms with Crippen LogP contribution in [0.3, 0.4) is 0 Å². The van der Waals surface area contributed by atoms with E-state index in [9.17, 15) is 19.2 Å². The Labute approximate surface area is 378 Å². The smallest absolute Gasteiger partial charge is 0.407 e. The molecule has 0 radical (unpaired) electrons. The van der Waals surface area contributed by atoms with Crippen molar-refractivity contribution < 1.29 is 33.0 Å². The molecule has 2 aliphatic heterocycles. The number of ether oxygens (including phenoxy) is 2. The summed E-state index contributed by atoms with van der Waals surface area (Å²) in [4.78, 5) is 71.1. The normalized spacial score (nSPS) is 16.8. The van der Waals surface area contributed by atoms with Crippen LogP contribution in [-0.4, -0.2) is 93.1 Å². The zero-order chi connectivity index (χ0) is 43.4. The van der Waals surface area contributed by atoms with Crippen molar-refractivity contribution in [1.82, 2.24) is 40.4 Å². The fourth-order valence-corrected chi connectivity index (χ4v) is 8.41. The van der Waals surface area contributed by atoms with Gasteiger partial charge < -0.3 is 39.9 Å². The maximum atomic E-state index is 16.6. The standard InChI is InChI=1S/C46H53FN8O6.2ClH/c1-26(2)39(52-45(58)60-5)43(56)54-20-10-14-36(54)41-48-24-34(50-41)29-16-18-30(19-17-29)38-32(28-12-8-7-9-13-28)22-31(23-33(38)47)35-25-49-42(51-35)37-15-11-21-55(37)44(57)40(27(3)4)53-46(59)61-6;;/h7-9,12-13,16-19,22-27,36-37,39-40H,10-11,14-15,20-21H2,1-6H3,(H,48,50)(H,49,51)(H,52,58)(H,53,59);2*1H/t36-,37-,39-,40-;;/m0../s1. The molecule has 4 atom stereocenters. The van der Waals surface area contributed by atoms with Crippen molar-refractivity contribution in [2.24, 2.45) is 11.8 Å². The van der Waals surface area contributed by atoms with Crippen LogP contribution in [0.5, 0.6) is 0 Å². The van der Waals surface area contributed by atoms with Crippen molar-refractivity contribution in [3.63, 3.8) is 0 Å².